The molecular weight excluding hydrogens is 588 g/mol. The Morgan fingerprint density at radius 3 is 1.57 bits per heavy atom. The smallest absolute Gasteiger partial charge is 0.266 e. The van der Waals surface area contributed by atoms with Crippen LogP contribution in [0.5, 0.6) is 0 Å². The molecule has 7 heteroatoms. The second kappa shape index (κ2) is 10.2. The van der Waals surface area contributed by atoms with Crippen LogP contribution in [0.1, 0.15) is 79.2 Å². The first-order valence-corrected chi connectivity index (χ1v) is 15.9. The zero-order valence-electron chi connectivity index (χ0n) is 26.3. The number of amides is 4. The highest BCUT2D eigenvalue weighted by Crippen LogP contribution is 2.47. The molecule has 2 aliphatic heterocycles. The van der Waals surface area contributed by atoms with Gasteiger partial charge in [-0.1, -0.05) is 62.9 Å². The van der Waals surface area contributed by atoms with Crippen LogP contribution in [-0.2, 0) is 11.2 Å². The van der Waals surface area contributed by atoms with Crippen molar-refractivity contribution in [2.75, 3.05) is 4.90 Å². The number of allylic oxidation sites excluding steroid dienone is 1. The number of anilines is 1. The standard InChI is InChI=1S/C40H30N2O5/c1-5-21-10-8-9-20(4)36(21)42-39(46)30-17-13-26-24-11-15-28-34-29(38(45)41(37(28)44)22(6-2)19-23(43)7-3)16-12-25(32(24)34)27-14-18-31(40(42)47)35(30)33(26)27/h7-18,22H,3,5-6,19H2,1-2,4H3. The Morgan fingerprint density at radius 1 is 0.681 bits per heavy atom. The van der Waals surface area contributed by atoms with Crippen molar-refractivity contribution in [3.05, 3.63) is 113 Å². The molecule has 2 aliphatic rings. The fourth-order valence-electron chi connectivity index (χ4n) is 7.88. The van der Waals surface area contributed by atoms with Crippen LogP contribution >= 0.6 is 0 Å². The largest absolute Gasteiger partial charge is 0.295 e. The van der Waals surface area contributed by atoms with Gasteiger partial charge in [-0.2, -0.15) is 0 Å². The SMILES string of the molecule is C=CC(=O)CC(CC)N1C(=O)c2ccc3c4ccc5c6c(ccc(c7ccc(c2c37)C1=O)c64)C(=O)N(c1c(C)cccc1CC)C5=O. The molecule has 4 amide bonds. The minimum Gasteiger partial charge on any atom is -0.295 e. The van der Waals surface area contributed by atoms with Crippen molar-refractivity contribution >= 4 is 78.2 Å². The summed E-state index contributed by atoms with van der Waals surface area (Å²) in [6, 6.07) is 19.9. The van der Waals surface area contributed by atoms with E-state index in [9.17, 15) is 24.0 Å². The molecule has 0 fully saturated rings. The van der Waals surface area contributed by atoms with Crippen molar-refractivity contribution in [1.29, 1.82) is 0 Å². The van der Waals surface area contributed by atoms with E-state index >= 15 is 0 Å². The second-order valence-corrected chi connectivity index (χ2v) is 12.4. The molecule has 2 heterocycles. The maximum absolute atomic E-state index is 14.2. The fraction of sp³-hybridized carbons (Fsp3) is 0.175. The number of ketones is 1. The number of imide groups is 2. The van der Waals surface area contributed by atoms with E-state index in [4.69, 9.17) is 0 Å². The van der Waals surface area contributed by atoms with E-state index < -0.39 is 17.9 Å². The number of hydrogen-bond donors (Lipinski definition) is 0. The van der Waals surface area contributed by atoms with Gasteiger partial charge < -0.3 is 0 Å². The lowest BCUT2D eigenvalue weighted by molar-refractivity contribution is -0.115. The summed E-state index contributed by atoms with van der Waals surface area (Å²) in [6.07, 6.45) is 2.35. The van der Waals surface area contributed by atoms with Crippen LogP contribution in [-0.4, -0.2) is 40.4 Å². The van der Waals surface area contributed by atoms with Gasteiger partial charge in [-0.05, 0) is 93.6 Å². The molecule has 1 atom stereocenters. The third-order valence-electron chi connectivity index (χ3n) is 10.1. The van der Waals surface area contributed by atoms with Gasteiger partial charge in [0.05, 0.1) is 5.69 Å². The Labute approximate surface area is 270 Å². The van der Waals surface area contributed by atoms with Crippen LogP contribution in [0.25, 0.3) is 43.1 Å². The topological polar surface area (TPSA) is 91.8 Å². The third-order valence-corrected chi connectivity index (χ3v) is 10.1. The quantitative estimate of drug-likeness (QED) is 0.0784. The highest BCUT2D eigenvalue weighted by molar-refractivity contribution is 6.44. The Morgan fingerprint density at radius 2 is 1.15 bits per heavy atom. The van der Waals surface area contributed by atoms with Crippen LogP contribution in [0.15, 0.2) is 79.4 Å². The lowest BCUT2D eigenvalue weighted by Gasteiger charge is -2.34. The monoisotopic (exact) mass is 618 g/mol. The normalized spacial score (nSPS) is 15.1. The third kappa shape index (κ3) is 3.71. The number of aryl methyl sites for hydroxylation is 2. The van der Waals surface area contributed by atoms with E-state index in [1.807, 2.05) is 63.2 Å². The summed E-state index contributed by atoms with van der Waals surface area (Å²) in [5.41, 5.74) is 4.15. The molecule has 0 saturated carbocycles. The number of hydrogen-bond acceptors (Lipinski definition) is 5. The Hall–Kier alpha value is -5.69. The number of fused-ring (bicyclic) bond motifs is 2. The molecule has 0 bridgehead atoms. The summed E-state index contributed by atoms with van der Waals surface area (Å²) in [5.74, 6) is -1.80. The van der Waals surface area contributed by atoms with Crippen molar-refractivity contribution in [1.82, 2.24) is 4.90 Å². The Balaban J connectivity index is 1.37. The van der Waals surface area contributed by atoms with Crippen LogP contribution in [0.3, 0.4) is 0 Å². The van der Waals surface area contributed by atoms with E-state index in [2.05, 4.69) is 6.58 Å². The first kappa shape index (κ1) is 28.8. The van der Waals surface area contributed by atoms with E-state index in [1.54, 1.807) is 24.3 Å². The minimum atomic E-state index is -0.587. The molecule has 6 aromatic carbocycles. The molecule has 0 radical (unpaired) electrons. The van der Waals surface area contributed by atoms with E-state index in [0.717, 1.165) is 43.4 Å². The highest BCUT2D eigenvalue weighted by atomic mass is 16.2. The number of nitrogens with zero attached hydrogens (tertiary/aromatic N) is 2. The van der Waals surface area contributed by atoms with E-state index in [-0.39, 0.29) is 24.0 Å². The second-order valence-electron chi connectivity index (χ2n) is 12.4. The van der Waals surface area contributed by atoms with E-state index in [0.29, 0.717) is 51.6 Å². The van der Waals surface area contributed by atoms with Crippen molar-refractivity contribution in [2.24, 2.45) is 0 Å². The Bertz CT molecular complexity index is 2340. The molecular formula is C40H30N2O5. The summed E-state index contributed by atoms with van der Waals surface area (Å²) >= 11 is 0. The van der Waals surface area contributed by atoms with Crippen molar-refractivity contribution in [3.8, 4) is 0 Å². The molecule has 230 valence electrons. The first-order chi connectivity index (χ1) is 22.7. The maximum Gasteiger partial charge on any atom is 0.266 e. The molecule has 0 aromatic heterocycles. The molecule has 47 heavy (non-hydrogen) atoms. The zero-order valence-corrected chi connectivity index (χ0v) is 26.3. The van der Waals surface area contributed by atoms with Gasteiger partial charge in [-0.25, -0.2) is 4.90 Å². The van der Waals surface area contributed by atoms with Crippen LogP contribution in [0, 0.1) is 6.92 Å². The van der Waals surface area contributed by atoms with Crippen molar-refractivity contribution < 1.29 is 24.0 Å². The fourth-order valence-corrected chi connectivity index (χ4v) is 7.88. The van der Waals surface area contributed by atoms with Gasteiger partial charge in [0, 0.05) is 45.5 Å². The number of para-hydroxylation sites is 1. The Kier molecular flexibility index (Phi) is 6.22. The maximum atomic E-state index is 14.2. The van der Waals surface area contributed by atoms with Gasteiger partial charge in [-0.15, -0.1) is 0 Å². The summed E-state index contributed by atoms with van der Waals surface area (Å²) < 4.78 is 0. The first-order valence-electron chi connectivity index (χ1n) is 15.9. The van der Waals surface area contributed by atoms with Crippen molar-refractivity contribution in [2.45, 2.75) is 46.1 Å². The van der Waals surface area contributed by atoms with Gasteiger partial charge in [0.1, 0.15) is 0 Å². The minimum absolute atomic E-state index is 0.0185. The van der Waals surface area contributed by atoms with Crippen molar-refractivity contribution in [3.63, 3.8) is 0 Å². The molecule has 0 saturated heterocycles. The number of carbonyl (C=O) groups is 5. The van der Waals surface area contributed by atoms with Gasteiger partial charge >= 0.3 is 0 Å². The molecule has 6 aromatic rings. The van der Waals surface area contributed by atoms with Gasteiger partial charge in [0.25, 0.3) is 23.6 Å². The molecule has 0 aliphatic carbocycles. The lowest BCUT2D eigenvalue weighted by Crippen LogP contribution is -2.47. The van der Waals surface area contributed by atoms with Gasteiger partial charge in [-0.3, -0.25) is 28.9 Å². The number of rotatable bonds is 7. The molecule has 8 rings (SSSR count). The van der Waals surface area contributed by atoms with Gasteiger partial charge in [0.2, 0.25) is 0 Å². The molecule has 7 nitrogen and oxygen atoms in total. The van der Waals surface area contributed by atoms with Gasteiger partial charge in [0.15, 0.2) is 5.78 Å². The number of carbonyl (C=O) groups excluding carboxylic acids is 5. The predicted molar refractivity (Wildman–Crippen MR) is 184 cm³/mol. The highest BCUT2D eigenvalue weighted by Gasteiger charge is 2.40. The summed E-state index contributed by atoms with van der Waals surface area (Å²) in [6.45, 7) is 9.32. The van der Waals surface area contributed by atoms with Crippen LogP contribution in [0.4, 0.5) is 5.69 Å². The molecule has 0 spiro atoms. The summed E-state index contributed by atoms with van der Waals surface area (Å²) in [5, 5.41) is 6.12. The predicted octanol–water partition coefficient (Wildman–Crippen LogP) is 7.93. The zero-order chi connectivity index (χ0) is 32.9. The molecule has 1 unspecified atom stereocenters. The van der Waals surface area contributed by atoms with Crippen LogP contribution in [0.2, 0.25) is 0 Å². The molecule has 0 N–H and O–H groups in total. The average Bonchev–Trinajstić information content (AvgIpc) is 3.08. The average molecular weight is 619 g/mol. The lowest BCUT2D eigenvalue weighted by atomic mass is 9.82. The van der Waals surface area contributed by atoms with E-state index in [1.165, 1.54) is 15.9 Å². The summed E-state index contributed by atoms with van der Waals surface area (Å²) in [4.78, 5) is 71.1. The van der Waals surface area contributed by atoms with Crippen LogP contribution < -0.4 is 4.90 Å². The summed E-state index contributed by atoms with van der Waals surface area (Å²) in [7, 11) is 0. The number of benzene rings is 6.